The molecule has 0 bridgehead atoms. The van der Waals surface area contributed by atoms with Crippen molar-refractivity contribution < 1.29 is 9.13 Å². The molecule has 0 saturated carbocycles. The second-order valence-electron chi connectivity index (χ2n) is 4.48. The van der Waals surface area contributed by atoms with Gasteiger partial charge in [0.15, 0.2) is 0 Å². The van der Waals surface area contributed by atoms with Gasteiger partial charge in [-0.25, -0.2) is 4.39 Å². The van der Waals surface area contributed by atoms with Crippen LogP contribution in [-0.2, 0) is 0 Å². The Morgan fingerprint density at radius 2 is 2.00 bits per heavy atom. The molecular weight excluding hydrogens is 241 g/mol. The van der Waals surface area contributed by atoms with Gasteiger partial charge < -0.3 is 10.5 Å². The third kappa shape index (κ3) is 3.12. The fourth-order valence-electron chi connectivity index (χ4n) is 2.09. The fourth-order valence-corrected chi connectivity index (χ4v) is 2.09. The quantitative estimate of drug-likeness (QED) is 0.910. The lowest BCUT2D eigenvalue weighted by molar-refractivity contribution is 0.340. The van der Waals surface area contributed by atoms with Gasteiger partial charge in [0.25, 0.3) is 0 Å². The van der Waals surface area contributed by atoms with E-state index in [1.165, 1.54) is 12.1 Å². The summed E-state index contributed by atoms with van der Waals surface area (Å²) in [6.07, 6.45) is 0. The van der Waals surface area contributed by atoms with Gasteiger partial charge in [0, 0.05) is 0 Å². The Kier molecular flexibility index (Phi) is 4.17. The van der Waals surface area contributed by atoms with Crippen molar-refractivity contribution in [3.63, 3.8) is 0 Å². The Hall–Kier alpha value is -1.87. The van der Waals surface area contributed by atoms with E-state index in [4.69, 9.17) is 10.5 Å². The number of hydrogen-bond acceptors (Lipinski definition) is 2. The molecule has 3 heteroatoms. The van der Waals surface area contributed by atoms with E-state index in [0.29, 0.717) is 6.61 Å². The van der Waals surface area contributed by atoms with Crippen molar-refractivity contribution in [1.29, 1.82) is 0 Å². The lowest BCUT2D eigenvalue weighted by atomic mass is 9.95. The molecule has 0 aliphatic carbocycles. The molecule has 0 radical (unpaired) electrons. The van der Waals surface area contributed by atoms with Crippen molar-refractivity contribution in [2.45, 2.75) is 19.9 Å². The molecule has 0 aromatic heterocycles. The molecule has 0 amide bonds. The highest BCUT2D eigenvalue weighted by Crippen LogP contribution is 2.26. The van der Waals surface area contributed by atoms with E-state index in [1.54, 1.807) is 6.07 Å². The number of rotatable bonds is 4. The van der Waals surface area contributed by atoms with Crippen LogP contribution in [0.25, 0.3) is 0 Å². The number of ether oxygens (including phenoxy) is 1. The molecule has 1 atom stereocenters. The first-order valence-electron chi connectivity index (χ1n) is 6.36. The fraction of sp³-hybridized carbons (Fsp3) is 0.250. The van der Waals surface area contributed by atoms with E-state index < -0.39 is 0 Å². The number of aryl methyl sites for hydroxylation is 1. The first-order chi connectivity index (χ1) is 9.11. The first-order valence-corrected chi connectivity index (χ1v) is 6.36. The van der Waals surface area contributed by atoms with Gasteiger partial charge in [-0.15, -0.1) is 0 Å². The van der Waals surface area contributed by atoms with E-state index in [-0.39, 0.29) is 11.9 Å². The summed E-state index contributed by atoms with van der Waals surface area (Å²) in [6, 6.07) is 12.0. The average Bonchev–Trinajstić information content (AvgIpc) is 2.41. The summed E-state index contributed by atoms with van der Waals surface area (Å²) < 4.78 is 18.8. The minimum absolute atomic E-state index is 0.267. The highest BCUT2D eigenvalue weighted by molar-refractivity contribution is 5.39. The minimum atomic E-state index is -0.351. The SMILES string of the molecule is CCOc1cccc(C(N)c2cc(F)ccc2C)c1. The molecule has 0 aliphatic heterocycles. The lowest BCUT2D eigenvalue weighted by Gasteiger charge is -2.16. The molecule has 2 aromatic rings. The van der Waals surface area contributed by atoms with Crippen molar-refractivity contribution in [3.8, 4) is 5.75 Å². The van der Waals surface area contributed by atoms with Crippen LogP contribution in [0.4, 0.5) is 4.39 Å². The summed E-state index contributed by atoms with van der Waals surface area (Å²) in [5, 5.41) is 0. The van der Waals surface area contributed by atoms with Crippen LogP contribution >= 0.6 is 0 Å². The van der Waals surface area contributed by atoms with Gasteiger partial charge in [0.1, 0.15) is 11.6 Å². The van der Waals surface area contributed by atoms with Gasteiger partial charge in [-0.05, 0) is 54.8 Å². The molecule has 0 fully saturated rings. The molecule has 1 unspecified atom stereocenters. The molecule has 0 saturated heterocycles. The summed E-state index contributed by atoms with van der Waals surface area (Å²) in [7, 11) is 0. The molecule has 2 nitrogen and oxygen atoms in total. The van der Waals surface area contributed by atoms with Crippen molar-refractivity contribution >= 4 is 0 Å². The summed E-state index contributed by atoms with van der Waals surface area (Å²) >= 11 is 0. The van der Waals surface area contributed by atoms with E-state index >= 15 is 0 Å². The molecular formula is C16H18FNO. The summed E-state index contributed by atoms with van der Waals surface area (Å²) in [5.41, 5.74) is 8.93. The molecule has 0 aliphatic rings. The van der Waals surface area contributed by atoms with Crippen LogP contribution in [0.3, 0.4) is 0 Å². The summed E-state index contributed by atoms with van der Waals surface area (Å²) in [5.74, 6) is 0.515. The van der Waals surface area contributed by atoms with Crippen molar-refractivity contribution in [2.75, 3.05) is 6.61 Å². The molecule has 2 aromatic carbocycles. The van der Waals surface area contributed by atoms with E-state index in [0.717, 1.165) is 22.4 Å². The predicted molar refractivity (Wildman–Crippen MR) is 74.8 cm³/mol. The third-order valence-corrected chi connectivity index (χ3v) is 3.10. The van der Waals surface area contributed by atoms with Crippen LogP contribution in [0.15, 0.2) is 42.5 Å². The van der Waals surface area contributed by atoms with Gasteiger partial charge in [0.05, 0.1) is 12.6 Å². The van der Waals surface area contributed by atoms with Crippen LogP contribution in [-0.4, -0.2) is 6.61 Å². The van der Waals surface area contributed by atoms with Crippen molar-refractivity contribution in [2.24, 2.45) is 5.73 Å². The van der Waals surface area contributed by atoms with Crippen LogP contribution in [0.5, 0.6) is 5.75 Å². The number of hydrogen-bond donors (Lipinski definition) is 1. The zero-order chi connectivity index (χ0) is 13.8. The van der Waals surface area contributed by atoms with Crippen LogP contribution in [0.1, 0.15) is 29.7 Å². The highest BCUT2D eigenvalue weighted by Gasteiger charge is 2.13. The lowest BCUT2D eigenvalue weighted by Crippen LogP contribution is -2.13. The zero-order valence-corrected chi connectivity index (χ0v) is 11.2. The Bertz CT molecular complexity index is 568. The second-order valence-corrected chi connectivity index (χ2v) is 4.48. The Morgan fingerprint density at radius 1 is 1.21 bits per heavy atom. The summed E-state index contributed by atoms with van der Waals surface area (Å²) in [4.78, 5) is 0. The first kappa shape index (κ1) is 13.6. The van der Waals surface area contributed by atoms with Gasteiger partial charge in [-0.3, -0.25) is 0 Å². The van der Waals surface area contributed by atoms with Crippen molar-refractivity contribution in [1.82, 2.24) is 0 Å². The molecule has 19 heavy (non-hydrogen) atoms. The predicted octanol–water partition coefficient (Wildman–Crippen LogP) is 3.58. The highest BCUT2D eigenvalue weighted by atomic mass is 19.1. The molecule has 0 heterocycles. The van der Waals surface area contributed by atoms with E-state index in [1.807, 2.05) is 38.1 Å². The van der Waals surface area contributed by atoms with Crippen LogP contribution in [0, 0.1) is 12.7 Å². The number of halogens is 1. The number of nitrogens with two attached hydrogens (primary N) is 1. The van der Waals surface area contributed by atoms with Crippen molar-refractivity contribution in [3.05, 3.63) is 65.0 Å². The maximum Gasteiger partial charge on any atom is 0.123 e. The Morgan fingerprint density at radius 3 is 2.74 bits per heavy atom. The second kappa shape index (κ2) is 5.85. The van der Waals surface area contributed by atoms with Gasteiger partial charge in [0.2, 0.25) is 0 Å². The topological polar surface area (TPSA) is 35.2 Å². The monoisotopic (exact) mass is 259 g/mol. The molecule has 100 valence electrons. The van der Waals surface area contributed by atoms with Crippen LogP contribution in [0.2, 0.25) is 0 Å². The largest absolute Gasteiger partial charge is 0.494 e. The van der Waals surface area contributed by atoms with Gasteiger partial charge in [-0.2, -0.15) is 0 Å². The Labute approximate surface area is 113 Å². The molecule has 2 N–H and O–H groups in total. The van der Waals surface area contributed by atoms with Gasteiger partial charge >= 0.3 is 0 Å². The maximum atomic E-state index is 13.3. The standard InChI is InChI=1S/C16H18FNO/c1-3-19-14-6-4-5-12(9-14)16(18)15-10-13(17)8-7-11(15)2/h4-10,16H,3,18H2,1-2H3. The van der Waals surface area contributed by atoms with Gasteiger partial charge in [-0.1, -0.05) is 18.2 Å². The average molecular weight is 259 g/mol. The zero-order valence-electron chi connectivity index (χ0n) is 11.2. The molecule has 2 rings (SSSR count). The smallest absolute Gasteiger partial charge is 0.123 e. The molecule has 0 spiro atoms. The minimum Gasteiger partial charge on any atom is -0.494 e. The number of benzene rings is 2. The maximum absolute atomic E-state index is 13.3. The van der Waals surface area contributed by atoms with E-state index in [2.05, 4.69) is 0 Å². The summed E-state index contributed by atoms with van der Waals surface area (Å²) in [6.45, 7) is 4.47. The van der Waals surface area contributed by atoms with Crippen LogP contribution < -0.4 is 10.5 Å². The normalized spacial score (nSPS) is 12.2. The van der Waals surface area contributed by atoms with E-state index in [9.17, 15) is 4.39 Å². The Balaban J connectivity index is 2.35. The third-order valence-electron chi connectivity index (χ3n) is 3.10.